The van der Waals surface area contributed by atoms with Crippen molar-refractivity contribution in [3.63, 3.8) is 0 Å². The normalized spacial score (nSPS) is 9.47. The molecule has 6 heteroatoms. The lowest BCUT2D eigenvalue weighted by atomic mass is 10.2. The van der Waals surface area contributed by atoms with Crippen molar-refractivity contribution >= 4 is 23.5 Å². The van der Waals surface area contributed by atoms with Crippen molar-refractivity contribution < 1.29 is 24.2 Å². The highest BCUT2D eigenvalue weighted by Crippen LogP contribution is 2.10. The SMILES string of the molecule is COC(=O)c1ccc(NC(=O)CC(=O)O)cc1. The zero-order valence-electron chi connectivity index (χ0n) is 9.10. The Morgan fingerprint density at radius 2 is 1.82 bits per heavy atom. The maximum absolute atomic E-state index is 11.1. The van der Waals surface area contributed by atoms with Crippen LogP contribution in [0.15, 0.2) is 24.3 Å². The van der Waals surface area contributed by atoms with E-state index in [1.807, 2.05) is 0 Å². The number of hydrogen-bond donors (Lipinski definition) is 2. The molecular formula is C11H11NO5. The van der Waals surface area contributed by atoms with E-state index in [1.165, 1.54) is 31.4 Å². The van der Waals surface area contributed by atoms with Gasteiger partial charge in [0.15, 0.2) is 0 Å². The van der Waals surface area contributed by atoms with Crippen LogP contribution in [0.4, 0.5) is 5.69 Å². The van der Waals surface area contributed by atoms with E-state index in [1.54, 1.807) is 0 Å². The molecule has 0 aliphatic carbocycles. The van der Waals surface area contributed by atoms with Gasteiger partial charge in [0.2, 0.25) is 5.91 Å². The number of esters is 1. The number of carbonyl (C=O) groups is 3. The molecule has 0 atom stereocenters. The van der Waals surface area contributed by atoms with Crippen LogP contribution in [0.2, 0.25) is 0 Å². The number of aliphatic carboxylic acids is 1. The predicted octanol–water partition coefficient (Wildman–Crippen LogP) is 0.886. The minimum absolute atomic E-state index is 0.351. The molecule has 2 N–H and O–H groups in total. The van der Waals surface area contributed by atoms with Crippen LogP contribution in [0.3, 0.4) is 0 Å². The largest absolute Gasteiger partial charge is 0.481 e. The maximum atomic E-state index is 11.1. The number of carboxylic acid groups (broad SMARTS) is 1. The summed E-state index contributed by atoms with van der Waals surface area (Å²) in [5.41, 5.74) is 0.771. The Labute approximate surface area is 97.2 Å². The molecule has 0 bridgehead atoms. The first-order chi connectivity index (χ1) is 8.02. The number of methoxy groups -OCH3 is 1. The van der Waals surface area contributed by atoms with Crippen LogP contribution in [0, 0.1) is 0 Å². The first-order valence-corrected chi connectivity index (χ1v) is 4.73. The molecule has 0 spiro atoms. The molecular weight excluding hydrogens is 226 g/mol. The molecule has 1 rings (SSSR count). The van der Waals surface area contributed by atoms with Crippen LogP contribution in [-0.2, 0) is 14.3 Å². The Morgan fingerprint density at radius 1 is 1.24 bits per heavy atom. The fourth-order valence-electron chi connectivity index (χ4n) is 1.15. The Kier molecular flexibility index (Phi) is 4.21. The van der Waals surface area contributed by atoms with Gasteiger partial charge in [0.05, 0.1) is 12.7 Å². The number of amides is 1. The fourth-order valence-corrected chi connectivity index (χ4v) is 1.15. The average molecular weight is 237 g/mol. The lowest BCUT2D eigenvalue weighted by Crippen LogP contribution is -2.15. The van der Waals surface area contributed by atoms with Crippen molar-refractivity contribution in [1.82, 2.24) is 0 Å². The van der Waals surface area contributed by atoms with Gasteiger partial charge < -0.3 is 15.2 Å². The highest BCUT2D eigenvalue weighted by atomic mass is 16.5. The summed E-state index contributed by atoms with van der Waals surface area (Å²) in [7, 11) is 1.27. The summed E-state index contributed by atoms with van der Waals surface area (Å²) in [6.45, 7) is 0. The van der Waals surface area contributed by atoms with Crippen LogP contribution in [0.5, 0.6) is 0 Å². The van der Waals surface area contributed by atoms with E-state index in [9.17, 15) is 14.4 Å². The highest BCUT2D eigenvalue weighted by Gasteiger charge is 2.08. The average Bonchev–Trinajstić information content (AvgIpc) is 2.28. The van der Waals surface area contributed by atoms with Gasteiger partial charge in [-0.1, -0.05) is 0 Å². The van der Waals surface area contributed by atoms with Crippen molar-refractivity contribution in [3.8, 4) is 0 Å². The Hall–Kier alpha value is -2.37. The zero-order valence-corrected chi connectivity index (χ0v) is 9.10. The summed E-state index contributed by atoms with van der Waals surface area (Å²) in [5.74, 6) is -2.30. The number of hydrogen-bond acceptors (Lipinski definition) is 4. The monoisotopic (exact) mass is 237 g/mol. The number of nitrogens with one attached hydrogen (secondary N) is 1. The number of ether oxygens (including phenoxy) is 1. The molecule has 0 saturated heterocycles. The molecule has 0 aliphatic rings. The fraction of sp³-hybridized carbons (Fsp3) is 0.182. The van der Waals surface area contributed by atoms with Gasteiger partial charge in [0.1, 0.15) is 6.42 Å². The number of benzene rings is 1. The molecule has 6 nitrogen and oxygen atoms in total. The summed E-state index contributed by atoms with van der Waals surface area (Å²) in [6.07, 6.45) is -0.598. The molecule has 1 amide bonds. The molecule has 1 aromatic rings. The third-order valence-electron chi connectivity index (χ3n) is 1.90. The standard InChI is InChI=1S/C11H11NO5/c1-17-11(16)7-2-4-8(5-3-7)12-9(13)6-10(14)15/h2-5H,6H2,1H3,(H,12,13)(H,14,15). The van der Waals surface area contributed by atoms with Gasteiger partial charge in [-0.25, -0.2) is 4.79 Å². The molecule has 0 aliphatic heterocycles. The first kappa shape index (κ1) is 12.7. The van der Waals surface area contributed by atoms with Crippen molar-refractivity contribution in [3.05, 3.63) is 29.8 Å². The maximum Gasteiger partial charge on any atom is 0.337 e. The van der Waals surface area contributed by atoms with E-state index in [2.05, 4.69) is 10.1 Å². The summed E-state index contributed by atoms with van der Waals surface area (Å²) in [6, 6.07) is 5.93. The number of rotatable bonds is 4. The summed E-state index contributed by atoms with van der Waals surface area (Å²) in [5, 5.41) is 10.8. The van der Waals surface area contributed by atoms with Gasteiger partial charge >= 0.3 is 11.9 Å². The number of anilines is 1. The van der Waals surface area contributed by atoms with Crippen LogP contribution in [-0.4, -0.2) is 30.1 Å². The van der Waals surface area contributed by atoms with E-state index in [4.69, 9.17) is 5.11 Å². The van der Waals surface area contributed by atoms with Gasteiger partial charge in [0.25, 0.3) is 0 Å². The molecule has 1 aromatic carbocycles. The quantitative estimate of drug-likeness (QED) is 0.599. The lowest BCUT2D eigenvalue weighted by Gasteiger charge is -2.04. The van der Waals surface area contributed by atoms with E-state index in [0.29, 0.717) is 11.3 Å². The summed E-state index contributed by atoms with van der Waals surface area (Å²) in [4.78, 5) is 32.5. The Morgan fingerprint density at radius 3 is 2.29 bits per heavy atom. The lowest BCUT2D eigenvalue weighted by molar-refractivity contribution is -0.139. The number of carbonyl (C=O) groups excluding carboxylic acids is 2. The highest BCUT2D eigenvalue weighted by molar-refractivity contribution is 6.01. The van der Waals surface area contributed by atoms with Crippen LogP contribution >= 0.6 is 0 Å². The van der Waals surface area contributed by atoms with Crippen LogP contribution in [0.1, 0.15) is 16.8 Å². The molecule has 0 radical (unpaired) electrons. The van der Waals surface area contributed by atoms with Gasteiger partial charge in [-0.15, -0.1) is 0 Å². The first-order valence-electron chi connectivity index (χ1n) is 4.73. The van der Waals surface area contributed by atoms with Gasteiger partial charge in [-0.05, 0) is 24.3 Å². The van der Waals surface area contributed by atoms with Crippen molar-refractivity contribution in [1.29, 1.82) is 0 Å². The Bertz CT molecular complexity index is 438. The van der Waals surface area contributed by atoms with Crippen molar-refractivity contribution in [2.75, 3.05) is 12.4 Å². The van der Waals surface area contributed by atoms with Crippen LogP contribution in [0.25, 0.3) is 0 Å². The Balaban J connectivity index is 2.65. The summed E-state index contributed by atoms with van der Waals surface area (Å²) < 4.78 is 4.51. The molecule has 17 heavy (non-hydrogen) atoms. The smallest absolute Gasteiger partial charge is 0.337 e. The molecule has 0 heterocycles. The van der Waals surface area contributed by atoms with E-state index in [-0.39, 0.29) is 0 Å². The topological polar surface area (TPSA) is 92.7 Å². The molecule has 0 unspecified atom stereocenters. The third-order valence-corrected chi connectivity index (χ3v) is 1.90. The third kappa shape index (κ3) is 3.94. The van der Waals surface area contributed by atoms with Crippen molar-refractivity contribution in [2.24, 2.45) is 0 Å². The molecule has 90 valence electrons. The van der Waals surface area contributed by atoms with E-state index >= 15 is 0 Å². The molecule has 0 saturated carbocycles. The van der Waals surface area contributed by atoms with E-state index in [0.717, 1.165) is 0 Å². The van der Waals surface area contributed by atoms with Gasteiger partial charge in [-0.3, -0.25) is 9.59 Å². The second-order valence-corrected chi connectivity index (χ2v) is 3.19. The van der Waals surface area contributed by atoms with Gasteiger partial charge in [0, 0.05) is 5.69 Å². The second-order valence-electron chi connectivity index (χ2n) is 3.19. The molecule has 0 fully saturated rings. The zero-order chi connectivity index (χ0) is 12.8. The minimum Gasteiger partial charge on any atom is -0.481 e. The number of carboxylic acids is 1. The van der Waals surface area contributed by atoms with Crippen molar-refractivity contribution in [2.45, 2.75) is 6.42 Å². The summed E-state index contributed by atoms with van der Waals surface area (Å²) >= 11 is 0. The predicted molar refractivity (Wildman–Crippen MR) is 58.7 cm³/mol. The second kappa shape index (κ2) is 5.64. The van der Waals surface area contributed by atoms with E-state index < -0.39 is 24.3 Å². The van der Waals surface area contributed by atoms with Gasteiger partial charge in [-0.2, -0.15) is 0 Å². The minimum atomic E-state index is -1.20. The van der Waals surface area contributed by atoms with Crippen LogP contribution < -0.4 is 5.32 Å². The molecule has 0 aromatic heterocycles.